The third-order valence-corrected chi connectivity index (χ3v) is 33.0. The standard InChI is InChI=1S/C82H48S.C52H44S/c1-2-18-56-54(17-1)44-67(58-20-4-3-19-57(56)58)49-33-35-50(36-34-49)68-45-55(53-38-41-66-64-26-10-16-32-76(64)82(78(66)48-53)73-29-13-7-23-61(73)62-24-8-14-30-74(62)82)46-70-69-43-51(39-42-79(69)83-80(68)70)52-37-40-65-63-25-9-15-31-75(63)81(77(65)47-52)71-27-11-5-21-59(71)60-22-6-12-28-72(60)81;1-51(2,3)40-24-19-33(20-25-40)37-23-28-49-47(29-37)48-32-39(34-21-26-41(27-22-34)52(4,5)6)31-46(50(48)53-49)36-17-15-35(16-18-36)45-30-38-11-7-8-12-42(38)43-13-9-10-14-44(43)45/h1-48H;7-32H,1-6H3. The molecule has 0 saturated heterocycles. The van der Waals surface area contributed by atoms with Crippen molar-refractivity contribution >= 4 is 106 Å². The molecule has 0 N–H and O–H groups in total. The molecule has 4 aliphatic rings. The van der Waals surface area contributed by atoms with Gasteiger partial charge in [0.15, 0.2) is 0 Å². The van der Waals surface area contributed by atoms with E-state index in [0.717, 1.165) is 0 Å². The summed E-state index contributed by atoms with van der Waals surface area (Å²) in [4.78, 5) is 0. The minimum absolute atomic E-state index is 0.108. The molecule has 0 amide bonds. The molecular weight excluding hydrogens is 1670 g/mol. The van der Waals surface area contributed by atoms with Gasteiger partial charge in [-0.15, -0.1) is 22.7 Å². The van der Waals surface area contributed by atoms with Gasteiger partial charge in [0, 0.05) is 51.5 Å². The number of thiophene rings is 2. The van der Waals surface area contributed by atoms with Crippen LogP contribution in [0.15, 0.2) is 449 Å². The van der Waals surface area contributed by atoms with Crippen molar-refractivity contribution in [3.8, 4) is 134 Å². The highest BCUT2D eigenvalue weighted by Gasteiger charge is 2.53. The lowest BCUT2D eigenvalue weighted by Gasteiger charge is -2.30. The molecule has 24 aromatic rings. The van der Waals surface area contributed by atoms with Gasteiger partial charge in [0.1, 0.15) is 0 Å². The minimum Gasteiger partial charge on any atom is -0.135 e. The fourth-order valence-corrected chi connectivity index (χ4v) is 26.4. The molecule has 2 heterocycles. The zero-order valence-corrected chi connectivity index (χ0v) is 78.2. The van der Waals surface area contributed by atoms with E-state index in [0.29, 0.717) is 0 Å². The van der Waals surface area contributed by atoms with E-state index in [1.807, 2.05) is 22.7 Å². The fourth-order valence-electron chi connectivity index (χ4n) is 24.0. The molecule has 136 heavy (non-hydrogen) atoms. The Balaban J connectivity index is 0.000000153. The second-order valence-corrected chi connectivity index (χ2v) is 42.0. The molecule has 0 nitrogen and oxygen atoms in total. The summed E-state index contributed by atoms with van der Waals surface area (Å²) < 4.78 is 5.23. The van der Waals surface area contributed by atoms with Gasteiger partial charge in [0.2, 0.25) is 0 Å². The van der Waals surface area contributed by atoms with Crippen LogP contribution in [-0.4, -0.2) is 0 Å². The van der Waals surface area contributed by atoms with Gasteiger partial charge in [0.05, 0.1) is 10.8 Å². The second kappa shape index (κ2) is 30.4. The third-order valence-electron chi connectivity index (χ3n) is 30.5. The van der Waals surface area contributed by atoms with Gasteiger partial charge in [-0.1, -0.05) is 418 Å². The molecule has 0 saturated carbocycles. The Hall–Kier alpha value is -15.7. The first-order valence-corrected chi connectivity index (χ1v) is 49.4. The SMILES string of the molecule is CC(C)(C)c1ccc(-c2ccc3sc4c(-c5ccc(-c6cc7ccccc7c7ccccc67)cc5)cc(-c5ccc(C(C)(C)C)cc5)cc4c3c2)cc1.c1ccc2c(c1)-c1ccccc1C21c2ccccc2-c2ccc(-c3ccc4sc5c(-c6ccc(-c7cc8ccccc8c8ccccc78)cc6)cc(-c6ccc7c(c6)C6(c8ccccc8-c8ccccc86)c6ccccc6-7)cc5c4c3)cc21. The average molecular weight is 1770 g/mol. The maximum Gasteiger partial charge on any atom is 0.0725 e. The largest absolute Gasteiger partial charge is 0.135 e. The van der Waals surface area contributed by atoms with Crippen LogP contribution in [0.3, 0.4) is 0 Å². The molecule has 0 aliphatic heterocycles. The predicted octanol–water partition coefficient (Wildman–Crippen LogP) is 37.3. The van der Waals surface area contributed by atoms with Crippen LogP contribution in [0.1, 0.15) is 97.2 Å². The maximum atomic E-state index is 2.55. The van der Waals surface area contributed by atoms with Crippen molar-refractivity contribution in [2.75, 3.05) is 0 Å². The van der Waals surface area contributed by atoms with E-state index in [1.54, 1.807) is 0 Å². The lowest BCUT2D eigenvalue weighted by atomic mass is 9.70. The quantitative estimate of drug-likeness (QED) is 0.133. The van der Waals surface area contributed by atoms with Crippen LogP contribution in [-0.2, 0) is 21.7 Å². The molecule has 2 spiro atoms. The van der Waals surface area contributed by atoms with Crippen molar-refractivity contribution in [2.24, 2.45) is 0 Å². The Morgan fingerprint density at radius 1 is 0.154 bits per heavy atom. The molecule has 640 valence electrons. The molecule has 2 heteroatoms. The van der Waals surface area contributed by atoms with Crippen molar-refractivity contribution in [1.82, 2.24) is 0 Å². The van der Waals surface area contributed by atoms with Crippen LogP contribution >= 0.6 is 22.7 Å². The summed E-state index contributed by atoms with van der Waals surface area (Å²) in [6.07, 6.45) is 0. The number of hydrogen-bond donors (Lipinski definition) is 0. The number of benzene rings is 22. The number of rotatable bonds is 8. The first kappa shape index (κ1) is 80.0. The molecule has 4 aliphatic carbocycles. The highest BCUT2D eigenvalue weighted by molar-refractivity contribution is 7.26. The Labute approximate surface area is 801 Å². The average Bonchev–Trinajstić information content (AvgIpc) is 1.51. The first-order chi connectivity index (χ1) is 66.6. The van der Waals surface area contributed by atoms with Crippen LogP contribution in [0.2, 0.25) is 0 Å². The van der Waals surface area contributed by atoms with Gasteiger partial charge in [0.25, 0.3) is 0 Å². The molecule has 0 radical (unpaired) electrons. The molecule has 0 unspecified atom stereocenters. The van der Waals surface area contributed by atoms with E-state index in [-0.39, 0.29) is 10.8 Å². The zero-order valence-electron chi connectivity index (χ0n) is 76.5. The topological polar surface area (TPSA) is 0 Å². The van der Waals surface area contributed by atoms with Crippen LogP contribution in [0.4, 0.5) is 0 Å². The van der Waals surface area contributed by atoms with Crippen LogP contribution in [0.5, 0.6) is 0 Å². The normalized spacial score (nSPS) is 13.3. The van der Waals surface area contributed by atoms with Gasteiger partial charge in [-0.3, -0.25) is 0 Å². The van der Waals surface area contributed by atoms with Crippen molar-refractivity contribution in [2.45, 2.75) is 63.2 Å². The monoisotopic (exact) mass is 1760 g/mol. The number of fused-ring (bicyclic) bond motifs is 32. The van der Waals surface area contributed by atoms with Crippen LogP contribution in [0.25, 0.3) is 217 Å². The Morgan fingerprint density at radius 2 is 0.404 bits per heavy atom. The van der Waals surface area contributed by atoms with Crippen molar-refractivity contribution in [3.63, 3.8) is 0 Å². The van der Waals surface area contributed by atoms with Crippen molar-refractivity contribution in [1.29, 1.82) is 0 Å². The fraction of sp³-hybridized carbons (Fsp3) is 0.0746. The third kappa shape index (κ3) is 12.1. The maximum absolute atomic E-state index is 2.55. The van der Waals surface area contributed by atoms with Gasteiger partial charge in [-0.25, -0.2) is 0 Å². The van der Waals surface area contributed by atoms with E-state index >= 15 is 0 Å². The summed E-state index contributed by atoms with van der Waals surface area (Å²) in [5.74, 6) is 0. The van der Waals surface area contributed by atoms with E-state index < -0.39 is 10.8 Å². The van der Waals surface area contributed by atoms with E-state index in [1.165, 1.54) is 273 Å². The molecule has 22 aromatic carbocycles. The van der Waals surface area contributed by atoms with Gasteiger partial charge < -0.3 is 0 Å². The van der Waals surface area contributed by atoms with E-state index in [2.05, 4.69) is 490 Å². The minimum atomic E-state index is -0.437. The molecule has 0 fully saturated rings. The molecule has 0 atom stereocenters. The first-order valence-electron chi connectivity index (χ1n) is 47.8. The summed E-state index contributed by atoms with van der Waals surface area (Å²) in [5.41, 5.74) is 43.4. The van der Waals surface area contributed by atoms with Crippen molar-refractivity contribution in [3.05, 3.63) is 505 Å². The summed E-state index contributed by atoms with van der Waals surface area (Å²) in [6, 6.07) is 170. The van der Waals surface area contributed by atoms with Gasteiger partial charge in [-0.2, -0.15) is 0 Å². The Bertz CT molecular complexity index is 9020. The Kier molecular flexibility index (Phi) is 17.9. The predicted molar refractivity (Wildman–Crippen MR) is 582 cm³/mol. The second-order valence-electron chi connectivity index (χ2n) is 39.9. The lowest BCUT2D eigenvalue weighted by Crippen LogP contribution is -2.25. The van der Waals surface area contributed by atoms with Crippen molar-refractivity contribution < 1.29 is 0 Å². The molecule has 28 rings (SSSR count). The van der Waals surface area contributed by atoms with Gasteiger partial charge >= 0.3 is 0 Å². The van der Waals surface area contributed by atoms with E-state index in [4.69, 9.17) is 0 Å². The number of hydrogen-bond acceptors (Lipinski definition) is 2. The smallest absolute Gasteiger partial charge is 0.0725 e. The lowest BCUT2D eigenvalue weighted by molar-refractivity contribution is 0.590. The Morgan fingerprint density at radius 3 is 0.765 bits per heavy atom. The van der Waals surface area contributed by atoms with Crippen LogP contribution in [0, 0.1) is 0 Å². The van der Waals surface area contributed by atoms with E-state index in [9.17, 15) is 0 Å². The van der Waals surface area contributed by atoms with Gasteiger partial charge in [-0.05, 0) is 305 Å². The van der Waals surface area contributed by atoms with Crippen LogP contribution < -0.4 is 0 Å². The summed E-state index contributed by atoms with van der Waals surface area (Å²) in [7, 11) is 0. The summed E-state index contributed by atoms with van der Waals surface area (Å²) in [6.45, 7) is 13.7. The summed E-state index contributed by atoms with van der Waals surface area (Å²) >= 11 is 3.82. The zero-order chi connectivity index (χ0) is 90.6. The molecular formula is C134H92S2. The highest BCUT2D eigenvalue weighted by Crippen LogP contribution is 2.66. The molecule has 0 bridgehead atoms. The molecule has 2 aromatic heterocycles. The summed E-state index contributed by atoms with van der Waals surface area (Å²) in [5, 5.41) is 15.4. The highest BCUT2D eigenvalue weighted by atomic mass is 32.1.